The number of carbonyl (C=O) groups is 2. The van der Waals surface area contributed by atoms with Gasteiger partial charge in [-0.2, -0.15) is 0 Å². The van der Waals surface area contributed by atoms with Gasteiger partial charge >= 0.3 is 5.97 Å². The van der Waals surface area contributed by atoms with Gasteiger partial charge in [-0.05, 0) is 18.6 Å². The van der Waals surface area contributed by atoms with E-state index in [4.69, 9.17) is 10.2 Å². The second kappa shape index (κ2) is 4.86. The van der Waals surface area contributed by atoms with Crippen molar-refractivity contribution in [1.29, 1.82) is 0 Å². The number of fused-ring (bicyclic) bond motifs is 3. The number of benzene rings is 1. The molecule has 1 unspecified atom stereocenters. The van der Waals surface area contributed by atoms with E-state index in [1.54, 1.807) is 12.2 Å². The molecule has 1 aromatic carbocycles. The van der Waals surface area contributed by atoms with Gasteiger partial charge in [0, 0.05) is 17.4 Å². The van der Waals surface area contributed by atoms with Gasteiger partial charge in [0.1, 0.15) is 17.6 Å². The van der Waals surface area contributed by atoms with Crippen molar-refractivity contribution in [2.24, 2.45) is 11.7 Å². The topological polar surface area (TPSA) is 93.5 Å². The number of carboxylic acid groups (broad SMARTS) is 1. The lowest BCUT2D eigenvalue weighted by molar-refractivity contribution is -0.144. The molecule has 3 N–H and O–H groups in total. The number of carboxylic acids is 1. The van der Waals surface area contributed by atoms with Crippen molar-refractivity contribution < 1.29 is 19.1 Å². The van der Waals surface area contributed by atoms with Gasteiger partial charge in [0.2, 0.25) is 0 Å². The van der Waals surface area contributed by atoms with Gasteiger partial charge in [-0.1, -0.05) is 24.3 Å². The van der Waals surface area contributed by atoms with Crippen molar-refractivity contribution in [3.05, 3.63) is 41.7 Å². The first-order valence-corrected chi connectivity index (χ1v) is 6.70. The van der Waals surface area contributed by atoms with E-state index >= 15 is 0 Å². The maximum Gasteiger partial charge on any atom is 0.309 e. The number of hydrogen-bond donors (Lipinski definition) is 2. The molecule has 1 aromatic heterocycles. The molecule has 2 aromatic rings. The summed E-state index contributed by atoms with van der Waals surface area (Å²) in [6, 6.07) is 7.56. The Kier molecular flexibility index (Phi) is 3.14. The fourth-order valence-corrected chi connectivity index (χ4v) is 2.92. The van der Waals surface area contributed by atoms with Crippen LogP contribution in [-0.2, 0) is 16.0 Å². The van der Waals surface area contributed by atoms with Gasteiger partial charge in [-0.15, -0.1) is 0 Å². The molecular weight excluding hydrogens is 270 g/mol. The molecule has 0 saturated heterocycles. The van der Waals surface area contributed by atoms with Gasteiger partial charge in [-0.3, -0.25) is 4.79 Å². The predicted octanol–water partition coefficient (Wildman–Crippen LogP) is 1.99. The highest BCUT2D eigenvalue weighted by Crippen LogP contribution is 2.36. The highest BCUT2D eigenvalue weighted by Gasteiger charge is 2.41. The van der Waals surface area contributed by atoms with E-state index in [0.29, 0.717) is 18.5 Å². The maximum absolute atomic E-state index is 11.4. The maximum atomic E-state index is 11.4. The summed E-state index contributed by atoms with van der Waals surface area (Å²) >= 11 is 0. The van der Waals surface area contributed by atoms with Crippen molar-refractivity contribution in [2.45, 2.75) is 18.4 Å². The molecule has 1 aliphatic carbocycles. The first-order chi connectivity index (χ1) is 10.0. The molecule has 0 fully saturated rings. The Morgan fingerprint density at radius 2 is 2.24 bits per heavy atom. The molecular formula is C16H15NO4. The quantitative estimate of drug-likeness (QED) is 0.838. The van der Waals surface area contributed by atoms with Crippen LogP contribution in [0.1, 0.15) is 17.7 Å². The van der Waals surface area contributed by atoms with Crippen molar-refractivity contribution >= 4 is 29.3 Å². The second-order valence-corrected chi connectivity index (χ2v) is 5.36. The van der Waals surface area contributed by atoms with Crippen LogP contribution in [0.15, 0.2) is 34.8 Å². The van der Waals surface area contributed by atoms with Crippen LogP contribution in [0.3, 0.4) is 0 Å². The third-order valence-corrected chi connectivity index (χ3v) is 4.04. The van der Waals surface area contributed by atoms with Gasteiger partial charge in [-0.25, -0.2) is 0 Å². The Balaban J connectivity index is 2.06. The Hall–Kier alpha value is -2.40. The third kappa shape index (κ3) is 2.15. The zero-order valence-electron chi connectivity index (χ0n) is 11.3. The Bertz CT molecular complexity index is 746. The summed E-state index contributed by atoms with van der Waals surface area (Å²) < 4.78 is 5.72. The van der Waals surface area contributed by atoms with Gasteiger partial charge in [0.05, 0.1) is 11.5 Å². The molecule has 3 rings (SSSR count). The molecule has 1 heterocycles. The zero-order chi connectivity index (χ0) is 15.0. The van der Waals surface area contributed by atoms with E-state index in [2.05, 4.69) is 0 Å². The highest BCUT2D eigenvalue weighted by molar-refractivity contribution is 5.86. The highest BCUT2D eigenvalue weighted by atomic mass is 16.4. The summed E-state index contributed by atoms with van der Waals surface area (Å²) in [4.78, 5) is 22.2. The monoisotopic (exact) mass is 285 g/mol. The van der Waals surface area contributed by atoms with E-state index in [1.807, 2.05) is 24.3 Å². The molecule has 0 amide bonds. The van der Waals surface area contributed by atoms with Crippen molar-refractivity contribution in [1.82, 2.24) is 0 Å². The summed E-state index contributed by atoms with van der Waals surface area (Å²) in [7, 11) is 0. The number of aldehydes is 1. The molecule has 0 saturated carbocycles. The first-order valence-electron chi connectivity index (χ1n) is 6.70. The fraction of sp³-hybridized carbons (Fsp3) is 0.250. The average Bonchev–Trinajstić information content (AvgIpc) is 2.82. The lowest BCUT2D eigenvalue weighted by Crippen LogP contribution is -2.51. The van der Waals surface area contributed by atoms with Crippen molar-refractivity contribution in [3.8, 4) is 0 Å². The van der Waals surface area contributed by atoms with Crippen LogP contribution in [-0.4, -0.2) is 22.9 Å². The molecule has 0 radical (unpaired) electrons. The van der Waals surface area contributed by atoms with E-state index in [-0.39, 0.29) is 6.42 Å². The summed E-state index contributed by atoms with van der Waals surface area (Å²) in [6.07, 6.45) is 4.17. The van der Waals surface area contributed by atoms with Crippen molar-refractivity contribution in [3.63, 3.8) is 0 Å². The largest absolute Gasteiger partial charge is 0.481 e. The van der Waals surface area contributed by atoms with Crippen LogP contribution >= 0.6 is 0 Å². The van der Waals surface area contributed by atoms with E-state index < -0.39 is 17.4 Å². The number of nitrogens with two attached hydrogens (primary N) is 1. The van der Waals surface area contributed by atoms with Crippen molar-refractivity contribution in [2.75, 3.05) is 0 Å². The summed E-state index contributed by atoms with van der Waals surface area (Å²) in [6.45, 7) is 0. The smallest absolute Gasteiger partial charge is 0.309 e. The standard InChI is InChI=1S/C16H15NO4/c17-16(12(6-8-18)15(19)20)7-5-14-11(9-16)10-3-1-2-4-13(10)21-14/h1-5,7-8,12H,6,9,17H2,(H,19,20)/t12-,16?/m1/s1. The molecule has 0 spiro atoms. The van der Waals surface area contributed by atoms with E-state index in [0.717, 1.165) is 16.5 Å². The molecule has 5 heteroatoms. The minimum absolute atomic E-state index is 0.110. The zero-order valence-corrected chi connectivity index (χ0v) is 11.3. The van der Waals surface area contributed by atoms with Gasteiger partial charge < -0.3 is 20.1 Å². The molecule has 2 atom stereocenters. The van der Waals surface area contributed by atoms with Crippen LogP contribution in [0, 0.1) is 5.92 Å². The molecule has 1 aliphatic rings. The summed E-state index contributed by atoms with van der Waals surface area (Å²) in [5.41, 5.74) is 6.84. The number of carbonyl (C=O) groups excluding carboxylic acids is 1. The number of aliphatic carboxylic acids is 1. The SMILES string of the molecule is NC1([C@H](CC=O)C(=O)O)C=Cc2oc3ccccc3c2C1. The van der Waals surface area contributed by atoms with Gasteiger partial charge in [0.25, 0.3) is 0 Å². The van der Waals surface area contributed by atoms with E-state index in [9.17, 15) is 14.7 Å². The van der Waals surface area contributed by atoms with Gasteiger partial charge in [0.15, 0.2) is 0 Å². The van der Waals surface area contributed by atoms with Crippen LogP contribution in [0.4, 0.5) is 0 Å². The summed E-state index contributed by atoms with van der Waals surface area (Å²) in [5.74, 6) is -1.31. The number of furan rings is 1. The predicted molar refractivity (Wildman–Crippen MR) is 77.7 cm³/mol. The van der Waals surface area contributed by atoms with Crippen LogP contribution in [0.25, 0.3) is 17.0 Å². The molecule has 5 nitrogen and oxygen atoms in total. The minimum Gasteiger partial charge on any atom is -0.481 e. The van der Waals surface area contributed by atoms with Crippen LogP contribution in [0.5, 0.6) is 0 Å². The van der Waals surface area contributed by atoms with Crippen LogP contribution in [0.2, 0.25) is 0 Å². The Morgan fingerprint density at radius 3 is 2.95 bits per heavy atom. The molecule has 108 valence electrons. The summed E-state index contributed by atoms with van der Waals surface area (Å²) in [5, 5.41) is 10.3. The molecule has 0 bridgehead atoms. The second-order valence-electron chi connectivity index (χ2n) is 5.36. The lowest BCUT2D eigenvalue weighted by Gasteiger charge is -2.33. The normalized spacial score (nSPS) is 22.0. The number of hydrogen-bond acceptors (Lipinski definition) is 4. The molecule has 0 aliphatic heterocycles. The number of rotatable bonds is 4. The first kappa shape index (κ1) is 13.6. The minimum atomic E-state index is -1.09. The Labute approximate surface area is 121 Å². The molecule has 21 heavy (non-hydrogen) atoms. The van der Waals surface area contributed by atoms with E-state index in [1.165, 1.54) is 0 Å². The fourth-order valence-electron chi connectivity index (χ4n) is 2.92. The Morgan fingerprint density at radius 1 is 1.48 bits per heavy atom. The lowest BCUT2D eigenvalue weighted by atomic mass is 9.75. The third-order valence-electron chi connectivity index (χ3n) is 4.04. The number of para-hydroxylation sites is 1. The average molecular weight is 285 g/mol. The van der Waals surface area contributed by atoms with Crippen LogP contribution < -0.4 is 5.73 Å².